The number of hydrogen-bond donors (Lipinski definition) is 1. The van der Waals surface area contributed by atoms with Crippen molar-refractivity contribution in [2.45, 2.75) is 91.9 Å². The Kier molecular flexibility index (Phi) is 10.9. The number of hydrogen-bond acceptors (Lipinski definition) is 1. The van der Waals surface area contributed by atoms with Crippen LogP contribution in [-0.4, -0.2) is 0 Å². The Hall–Kier alpha value is -1.76. The van der Waals surface area contributed by atoms with Gasteiger partial charge in [0.15, 0.2) is 0 Å². The van der Waals surface area contributed by atoms with E-state index in [2.05, 4.69) is 81.5 Å². The van der Waals surface area contributed by atoms with Crippen LogP contribution in [0.4, 0.5) is 11.4 Å². The lowest BCUT2D eigenvalue weighted by Gasteiger charge is -2.09. The summed E-state index contributed by atoms with van der Waals surface area (Å²) in [7, 11) is 0. The Morgan fingerprint density at radius 1 is 0.517 bits per heavy atom. The highest BCUT2D eigenvalue weighted by Gasteiger charge is 2.00. The average Bonchev–Trinajstić information content (AvgIpc) is 2.69. The lowest BCUT2D eigenvalue weighted by molar-refractivity contribution is 0.527. The Balaban J connectivity index is 1.68. The van der Waals surface area contributed by atoms with E-state index < -0.39 is 0 Å². The van der Waals surface area contributed by atoms with Crippen molar-refractivity contribution >= 4 is 11.4 Å². The van der Waals surface area contributed by atoms with Crippen LogP contribution in [0.25, 0.3) is 0 Å². The second-order valence-electron chi connectivity index (χ2n) is 9.51. The van der Waals surface area contributed by atoms with E-state index in [-0.39, 0.29) is 0 Å². The molecule has 0 amide bonds. The predicted octanol–water partition coefficient (Wildman–Crippen LogP) is 8.95. The van der Waals surface area contributed by atoms with Crippen LogP contribution in [-0.2, 0) is 12.8 Å². The number of benzene rings is 2. The Labute approximate surface area is 180 Å². The fourth-order valence-corrected chi connectivity index (χ4v) is 3.79. The summed E-state index contributed by atoms with van der Waals surface area (Å²) in [6, 6.07) is 18.0. The third kappa shape index (κ3) is 10.5. The highest BCUT2D eigenvalue weighted by atomic mass is 14.9. The summed E-state index contributed by atoms with van der Waals surface area (Å²) in [5.74, 6) is 1.67. The highest BCUT2D eigenvalue weighted by molar-refractivity contribution is 5.60. The minimum Gasteiger partial charge on any atom is -0.356 e. The van der Waals surface area contributed by atoms with Crippen LogP contribution in [0.5, 0.6) is 0 Å². The Morgan fingerprint density at radius 2 is 0.897 bits per heavy atom. The fourth-order valence-electron chi connectivity index (χ4n) is 3.79. The number of rotatable bonds is 14. The van der Waals surface area contributed by atoms with E-state index >= 15 is 0 Å². The molecule has 160 valence electrons. The zero-order valence-electron chi connectivity index (χ0n) is 19.3. The highest BCUT2D eigenvalue weighted by Crippen LogP contribution is 2.20. The molecule has 1 nitrogen and oxygen atoms in total. The van der Waals surface area contributed by atoms with Crippen LogP contribution in [0.1, 0.15) is 90.2 Å². The van der Waals surface area contributed by atoms with Crippen molar-refractivity contribution in [3.05, 3.63) is 59.7 Å². The maximum absolute atomic E-state index is 3.54. The van der Waals surface area contributed by atoms with Gasteiger partial charge in [-0.05, 0) is 72.9 Å². The molecule has 0 aliphatic carbocycles. The van der Waals surface area contributed by atoms with Crippen LogP contribution < -0.4 is 5.32 Å². The molecule has 0 radical (unpaired) electrons. The Bertz CT molecular complexity index is 592. The number of aryl methyl sites for hydroxylation is 2. The van der Waals surface area contributed by atoms with Gasteiger partial charge in [-0.15, -0.1) is 0 Å². The largest absolute Gasteiger partial charge is 0.356 e. The lowest BCUT2D eigenvalue weighted by Crippen LogP contribution is -1.93. The van der Waals surface area contributed by atoms with Gasteiger partial charge in [0, 0.05) is 11.4 Å². The molecule has 0 fully saturated rings. The fraction of sp³-hybridized carbons (Fsp3) is 0.571. The molecule has 0 spiro atoms. The van der Waals surface area contributed by atoms with Crippen LogP contribution >= 0.6 is 0 Å². The van der Waals surface area contributed by atoms with Crippen molar-refractivity contribution < 1.29 is 0 Å². The minimum absolute atomic E-state index is 0.837. The molecule has 0 aliphatic rings. The molecule has 0 saturated carbocycles. The predicted molar refractivity (Wildman–Crippen MR) is 130 cm³/mol. The zero-order valence-corrected chi connectivity index (χ0v) is 19.3. The van der Waals surface area contributed by atoms with Gasteiger partial charge in [-0.2, -0.15) is 0 Å². The molecule has 1 heteroatoms. The van der Waals surface area contributed by atoms with Gasteiger partial charge in [0.1, 0.15) is 0 Å². The maximum Gasteiger partial charge on any atom is 0.0384 e. The van der Waals surface area contributed by atoms with Gasteiger partial charge in [0.2, 0.25) is 0 Å². The van der Waals surface area contributed by atoms with Gasteiger partial charge in [0.05, 0.1) is 0 Å². The molecular formula is C28H43N. The smallest absolute Gasteiger partial charge is 0.0384 e. The minimum atomic E-state index is 0.837. The number of unbranched alkanes of at least 4 members (excludes halogenated alkanes) is 4. The van der Waals surface area contributed by atoms with Crippen LogP contribution in [0.2, 0.25) is 0 Å². The molecule has 0 aromatic heterocycles. The van der Waals surface area contributed by atoms with Crippen molar-refractivity contribution in [2.75, 3.05) is 5.32 Å². The zero-order chi connectivity index (χ0) is 20.9. The van der Waals surface area contributed by atoms with Crippen LogP contribution in [0.15, 0.2) is 48.5 Å². The van der Waals surface area contributed by atoms with E-state index in [0.29, 0.717) is 0 Å². The van der Waals surface area contributed by atoms with Gasteiger partial charge in [-0.1, -0.05) is 90.5 Å². The molecule has 0 bridgehead atoms. The SMILES string of the molecule is CC(C)CCCCCc1ccc(Nc2ccc(CCCCCC(C)C)cc2)cc1. The Morgan fingerprint density at radius 3 is 1.24 bits per heavy atom. The molecule has 2 aromatic carbocycles. The van der Waals surface area contributed by atoms with E-state index in [0.717, 1.165) is 11.8 Å². The molecule has 0 atom stereocenters. The summed E-state index contributed by atoms with van der Waals surface area (Å²) in [6.45, 7) is 9.26. The van der Waals surface area contributed by atoms with E-state index in [9.17, 15) is 0 Å². The lowest BCUT2D eigenvalue weighted by atomic mass is 10.0. The van der Waals surface area contributed by atoms with Crippen molar-refractivity contribution in [2.24, 2.45) is 11.8 Å². The van der Waals surface area contributed by atoms with Crippen LogP contribution in [0.3, 0.4) is 0 Å². The summed E-state index contributed by atoms with van der Waals surface area (Å²) in [6.07, 6.45) is 13.2. The van der Waals surface area contributed by atoms with Crippen molar-refractivity contribution in [1.82, 2.24) is 0 Å². The first kappa shape index (κ1) is 23.5. The number of anilines is 2. The van der Waals surface area contributed by atoms with Gasteiger partial charge in [-0.3, -0.25) is 0 Å². The summed E-state index contributed by atoms with van der Waals surface area (Å²) in [5.41, 5.74) is 5.26. The third-order valence-corrected chi connectivity index (χ3v) is 5.69. The topological polar surface area (TPSA) is 12.0 Å². The number of nitrogens with one attached hydrogen (secondary N) is 1. The van der Waals surface area contributed by atoms with Gasteiger partial charge in [-0.25, -0.2) is 0 Å². The van der Waals surface area contributed by atoms with E-state index in [1.165, 1.54) is 86.7 Å². The van der Waals surface area contributed by atoms with Gasteiger partial charge < -0.3 is 5.32 Å². The second kappa shape index (κ2) is 13.5. The van der Waals surface area contributed by atoms with Crippen LogP contribution in [0, 0.1) is 11.8 Å². The molecule has 0 unspecified atom stereocenters. The van der Waals surface area contributed by atoms with Gasteiger partial charge >= 0.3 is 0 Å². The maximum atomic E-state index is 3.54. The third-order valence-electron chi connectivity index (χ3n) is 5.69. The molecule has 29 heavy (non-hydrogen) atoms. The first-order chi connectivity index (χ1) is 14.0. The monoisotopic (exact) mass is 393 g/mol. The molecule has 0 heterocycles. The summed E-state index contributed by atoms with van der Waals surface area (Å²) in [5, 5.41) is 3.54. The second-order valence-corrected chi connectivity index (χ2v) is 9.51. The van der Waals surface area contributed by atoms with Crippen molar-refractivity contribution in [1.29, 1.82) is 0 Å². The van der Waals surface area contributed by atoms with Crippen molar-refractivity contribution in [3.8, 4) is 0 Å². The van der Waals surface area contributed by atoms with E-state index in [4.69, 9.17) is 0 Å². The summed E-state index contributed by atoms with van der Waals surface area (Å²) in [4.78, 5) is 0. The average molecular weight is 394 g/mol. The first-order valence-corrected chi connectivity index (χ1v) is 12.0. The molecule has 0 saturated heterocycles. The molecule has 2 aromatic rings. The van der Waals surface area contributed by atoms with E-state index in [1.807, 2.05) is 0 Å². The quantitative estimate of drug-likeness (QED) is 0.316. The van der Waals surface area contributed by atoms with E-state index in [1.54, 1.807) is 0 Å². The molecule has 1 N–H and O–H groups in total. The first-order valence-electron chi connectivity index (χ1n) is 12.0. The molecule has 2 rings (SSSR count). The van der Waals surface area contributed by atoms with Gasteiger partial charge in [0.25, 0.3) is 0 Å². The summed E-state index contributed by atoms with van der Waals surface area (Å²) >= 11 is 0. The normalized spacial score (nSPS) is 11.4. The molecular weight excluding hydrogens is 350 g/mol. The molecule has 0 aliphatic heterocycles. The summed E-state index contributed by atoms with van der Waals surface area (Å²) < 4.78 is 0. The van der Waals surface area contributed by atoms with Crippen molar-refractivity contribution in [3.63, 3.8) is 0 Å². The standard InChI is InChI=1S/C28H43N/c1-23(2)11-7-5-9-13-25-15-19-27(20-16-25)29-28-21-17-26(18-22-28)14-10-6-8-12-24(3)4/h15-24,29H,5-14H2,1-4H3.